The summed E-state index contributed by atoms with van der Waals surface area (Å²) in [5, 5.41) is 12.0. The van der Waals surface area contributed by atoms with Crippen LogP contribution in [0.2, 0.25) is 0 Å². The van der Waals surface area contributed by atoms with Gasteiger partial charge < -0.3 is 15.3 Å². The molecule has 0 radical (unpaired) electrons. The number of carboxylic acids is 1. The maximum atomic E-state index is 12.6. The van der Waals surface area contributed by atoms with Gasteiger partial charge in [0.1, 0.15) is 0 Å². The number of nitrogens with zero attached hydrogens (tertiary/aromatic N) is 1. The summed E-state index contributed by atoms with van der Waals surface area (Å²) in [6, 6.07) is 0. The highest BCUT2D eigenvalue weighted by Crippen LogP contribution is 2.35. The van der Waals surface area contributed by atoms with E-state index in [1.54, 1.807) is 4.90 Å². The smallest absolute Gasteiger partial charge is 0.305 e. The molecule has 2 amide bonds. The molecule has 23 heavy (non-hydrogen) atoms. The van der Waals surface area contributed by atoms with Crippen LogP contribution in [0, 0.1) is 11.3 Å². The molecule has 1 unspecified atom stereocenters. The Labute approximate surface area is 137 Å². The Balaban J connectivity index is 1.97. The van der Waals surface area contributed by atoms with Crippen molar-refractivity contribution in [2.75, 3.05) is 13.1 Å². The monoisotopic (exact) mass is 324 g/mol. The Morgan fingerprint density at radius 2 is 1.87 bits per heavy atom. The highest BCUT2D eigenvalue weighted by Gasteiger charge is 2.42. The molecule has 6 nitrogen and oxygen atoms in total. The van der Waals surface area contributed by atoms with Gasteiger partial charge in [0.05, 0.1) is 17.9 Å². The van der Waals surface area contributed by atoms with Gasteiger partial charge >= 0.3 is 5.97 Å². The number of carbonyl (C=O) groups excluding carboxylic acids is 2. The lowest BCUT2D eigenvalue weighted by atomic mass is 9.74. The average molecular weight is 324 g/mol. The van der Waals surface area contributed by atoms with E-state index in [9.17, 15) is 14.4 Å². The van der Waals surface area contributed by atoms with Crippen LogP contribution in [0.25, 0.3) is 0 Å². The van der Waals surface area contributed by atoms with Crippen LogP contribution in [0.15, 0.2) is 0 Å². The lowest BCUT2D eigenvalue weighted by molar-refractivity contribution is -0.143. The number of carbonyl (C=O) groups is 3. The zero-order chi connectivity index (χ0) is 17.3. The second-order valence-corrected chi connectivity index (χ2v) is 8.03. The van der Waals surface area contributed by atoms with Gasteiger partial charge in [0, 0.05) is 18.5 Å². The molecular formula is C17H28N2O4. The van der Waals surface area contributed by atoms with Gasteiger partial charge in [0.15, 0.2) is 0 Å². The zero-order valence-corrected chi connectivity index (χ0v) is 14.4. The molecule has 2 N–H and O–H groups in total. The largest absolute Gasteiger partial charge is 0.481 e. The maximum Gasteiger partial charge on any atom is 0.305 e. The first-order valence-corrected chi connectivity index (χ1v) is 8.46. The number of hydrogen-bond acceptors (Lipinski definition) is 3. The van der Waals surface area contributed by atoms with Crippen molar-refractivity contribution in [1.29, 1.82) is 0 Å². The molecule has 1 atom stereocenters. The number of likely N-dealkylation sites (tertiary alicyclic amines) is 1. The molecule has 2 aliphatic rings. The van der Waals surface area contributed by atoms with Gasteiger partial charge in [0.25, 0.3) is 0 Å². The third-order valence-corrected chi connectivity index (χ3v) is 4.91. The Hall–Kier alpha value is -1.59. The highest BCUT2D eigenvalue weighted by molar-refractivity contribution is 5.84. The van der Waals surface area contributed by atoms with Crippen LogP contribution in [0.4, 0.5) is 0 Å². The van der Waals surface area contributed by atoms with Crippen LogP contribution >= 0.6 is 0 Å². The predicted molar refractivity (Wildman–Crippen MR) is 85.7 cm³/mol. The molecule has 0 aromatic heterocycles. The summed E-state index contributed by atoms with van der Waals surface area (Å²) in [5.41, 5.74) is -1.02. The highest BCUT2D eigenvalue weighted by atomic mass is 16.4. The summed E-state index contributed by atoms with van der Waals surface area (Å²) in [4.78, 5) is 37.8. The van der Waals surface area contributed by atoms with E-state index >= 15 is 0 Å². The summed E-state index contributed by atoms with van der Waals surface area (Å²) in [5.74, 6) is -1.14. The first kappa shape index (κ1) is 17.8. The molecule has 1 heterocycles. The fourth-order valence-electron chi connectivity index (χ4n) is 3.45. The summed E-state index contributed by atoms with van der Waals surface area (Å²) in [7, 11) is 0. The van der Waals surface area contributed by atoms with Gasteiger partial charge in [-0.05, 0) is 32.1 Å². The molecule has 2 rings (SSSR count). The Morgan fingerprint density at radius 1 is 1.22 bits per heavy atom. The van der Waals surface area contributed by atoms with Crippen molar-refractivity contribution in [2.45, 2.75) is 64.8 Å². The van der Waals surface area contributed by atoms with Crippen molar-refractivity contribution < 1.29 is 19.5 Å². The molecule has 1 saturated carbocycles. The normalized spacial score (nSPS) is 23.8. The van der Waals surface area contributed by atoms with Crippen LogP contribution in [0.1, 0.15) is 59.3 Å². The number of carboxylic acid groups (broad SMARTS) is 1. The van der Waals surface area contributed by atoms with E-state index in [1.807, 2.05) is 20.8 Å². The summed E-state index contributed by atoms with van der Waals surface area (Å²) < 4.78 is 0. The van der Waals surface area contributed by atoms with Gasteiger partial charge in [-0.1, -0.05) is 20.8 Å². The van der Waals surface area contributed by atoms with E-state index in [2.05, 4.69) is 5.32 Å². The second-order valence-electron chi connectivity index (χ2n) is 8.03. The van der Waals surface area contributed by atoms with Gasteiger partial charge in [-0.2, -0.15) is 0 Å². The lowest BCUT2D eigenvalue weighted by Crippen LogP contribution is -2.58. The molecule has 6 heteroatoms. The minimum atomic E-state index is -0.877. The average Bonchev–Trinajstić information content (AvgIpc) is 2.42. The summed E-state index contributed by atoms with van der Waals surface area (Å²) in [6.07, 6.45) is 3.95. The molecule has 0 aromatic carbocycles. The number of nitrogens with one attached hydrogen (secondary N) is 1. The predicted octanol–water partition coefficient (Wildman–Crippen LogP) is 1.78. The Kier molecular flexibility index (Phi) is 5.01. The third kappa shape index (κ3) is 4.24. The topological polar surface area (TPSA) is 86.7 Å². The Morgan fingerprint density at radius 3 is 2.35 bits per heavy atom. The first-order chi connectivity index (χ1) is 10.6. The van der Waals surface area contributed by atoms with E-state index in [-0.39, 0.29) is 24.2 Å². The van der Waals surface area contributed by atoms with Crippen molar-refractivity contribution in [3.8, 4) is 0 Å². The van der Waals surface area contributed by atoms with E-state index in [4.69, 9.17) is 5.11 Å². The standard InChI is InChI=1S/C17H28N2O4/c1-16(2,3)15(23)19-9-4-6-12(11-19)14(22)18-17(7-5-8-17)10-13(20)21/h12H,4-11H2,1-3H3,(H,18,22)(H,20,21). The van der Waals surface area contributed by atoms with Crippen molar-refractivity contribution in [1.82, 2.24) is 10.2 Å². The molecule has 130 valence electrons. The molecule has 1 aliphatic carbocycles. The van der Waals surface area contributed by atoms with Crippen LogP contribution < -0.4 is 5.32 Å². The van der Waals surface area contributed by atoms with Crippen molar-refractivity contribution in [2.24, 2.45) is 11.3 Å². The fraction of sp³-hybridized carbons (Fsp3) is 0.824. The Bertz CT molecular complexity index is 491. The van der Waals surface area contributed by atoms with Crippen LogP contribution in [-0.4, -0.2) is 46.4 Å². The van der Waals surface area contributed by atoms with E-state index in [0.29, 0.717) is 13.1 Å². The van der Waals surface area contributed by atoms with Crippen LogP contribution in [0.3, 0.4) is 0 Å². The molecular weight excluding hydrogens is 296 g/mol. The molecule has 1 aliphatic heterocycles. The third-order valence-electron chi connectivity index (χ3n) is 4.91. The molecule has 0 spiro atoms. The minimum Gasteiger partial charge on any atom is -0.481 e. The van der Waals surface area contributed by atoms with Gasteiger partial charge in [-0.15, -0.1) is 0 Å². The van der Waals surface area contributed by atoms with Crippen LogP contribution in [-0.2, 0) is 14.4 Å². The van der Waals surface area contributed by atoms with E-state index in [1.165, 1.54) is 0 Å². The summed E-state index contributed by atoms with van der Waals surface area (Å²) in [6.45, 7) is 6.78. The number of rotatable bonds is 4. The fourth-order valence-corrected chi connectivity index (χ4v) is 3.45. The number of amides is 2. The number of piperidine rings is 1. The quantitative estimate of drug-likeness (QED) is 0.825. The number of aliphatic carboxylic acids is 1. The van der Waals surface area contributed by atoms with E-state index < -0.39 is 16.9 Å². The van der Waals surface area contributed by atoms with Gasteiger partial charge in [0.2, 0.25) is 11.8 Å². The van der Waals surface area contributed by atoms with Crippen molar-refractivity contribution in [3.05, 3.63) is 0 Å². The molecule has 1 saturated heterocycles. The van der Waals surface area contributed by atoms with Crippen molar-refractivity contribution in [3.63, 3.8) is 0 Å². The van der Waals surface area contributed by atoms with Gasteiger partial charge in [-0.25, -0.2) is 0 Å². The first-order valence-electron chi connectivity index (χ1n) is 8.46. The molecule has 2 fully saturated rings. The summed E-state index contributed by atoms with van der Waals surface area (Å²) >= 11 is 0. The van der Waals surface area contributed by atoms with Crippen molar-refractivity contribution >= 4 is 17.8 Å². The maximum absolute atomic E-state index is 12.6. The van der Waals surface area contributed by atoms with Crippen LogP contribution in [0.5, 0.6) is 0 Å². The lowest BCUT2D eigenvalue weighted by Gasteiger charge is -2.43. The SMILES string of the molecule is CC(C)(C)C(=O)N1CCCC(C(=O)NC2(CC(=O)O)CCC2)C1. The van der Waals surface area contributed by atoms with Gasteiger partial charge in [-0.3, -0.25) is 14.4 Å². The zero-order valence-electron chi connectivity index (χ0n) is 14.4. The minimum absolute atomic E-state index is 0.0178. The second kappa shape index (κ2) is 6.49. The molecule has 0 aromatic rings. The van der Waals surface area contributed by atoms with E-state index in [0.717, 1.165) is 32.1 Å². The molecule has 0 bridgehead atoms. The number of hydrogen-bond donors (Lipinski definition) is 2.